The summed E-state index contributed by atoms with van der Waals surface area (Å²) in [6.45, 7) is 4.83. The Balaban J connectivity index is 1.60. The molecule has 0 bridgehead atoms. The Labute approximate surface area is 165 Å². The van der Waals surface area contributed by atoms with E-state index < -0.39 is 0 Å². The van der Waals surface area contributed by atoms with Crippen molar-refractivity contribution in [2.75, 3.05) is 0 Å². The van der Waals surface area contributed by atoms with Crippen LogP contribution in [0.3, 0.4) is 0 Å². The van der Waals surface area contributed by atoms with Gasteiger partial charge in [0.25, 0.3) is 0 Å². The van der Waals surface area contributed by atoms with E-state index in [0.717, 1.165) is 11.6 Å². The van der Waals surface area contributed by atoms with Crippen molar-refractivity contribution in [1.82, 2.24) is 4.98 Å². The van der Waals surface area contributed by atoms with E-state index in [-0.39, 0.29) is 0 Å². The molecule has 4 aromatic rings. The molecule has 0 aliphatic heterocycles. The van der Waals surface area contributed by atoms with Crippen molar-refractivity contribution in [1.29, 1.82) is 0 Å². The summed E-state index contributed by atoms with van der Waals surface area (Å²) < 4.78 is 2.73. The first-order valence-corrected chi connectivity index (χ1v) is 10.8. The molecule has 0 atom stereocenters. The van der Waals surface area contributed by atoms with Crippen molar-refractivity contribution >= 4 is 31.5 Å². The van der Waals surface area contributed by atoms with Crippen LogP contribution in [0.5, 0.6) is 0 Å². The van der Waals surface area contributed by atoms with Gasteiger partial charge in [-0.3, -0.25) is 4.98 Å². The Hall–Kier alpha value is -2.19. The second kappa shape index (κ2) is 6.45. The fraction of sp³-hybridized carbons (Fsp3) is 0.320. The molecule has 1 fully saturated rings. The minimum absolute atomic E-state index is 0.522. The highest BCUT2D eigenvalue weighted by Gasteiger charge is 2.27. The maximum Gasteiger partial charge on any atom is 0.0795 e. The van der Waals surface area contributed by atoms with E-state index in [9.17, 15) is 0 Å². The lowest BCUT2D eigenvalue weighted by Crippen LogP contribution is -2.20. The van der Waals surface area contributed by atoms with Crippen LogP contribution in [0.1, 0.15) is 51.0 Å². The van der Waals surface area contributed by atoms with Gasteiger partial charge in [-0.1, -0.05) is 56.3 Å². The van der Waals surface area contributed by atoms with Gasteiger partial charge in [0.15, 0.2) is 0 Å². The van der Waals surface area contributed by atoms with E-state index in [2.05, 4.69) is 68.4 Å². The van der Waals surface area contributed by atoms with Gasteiger partial charge in [-0.25, -0.2) is 0 Å². The van der Waals surface area contributed by atoms with Crippen LogP contribution in [0, 0.1) is 5.41 Å². The molecule has 2 heterocycles. The minimum Gasteiger partial charge on any atom is -0.256 e. The quantitative estimate of drug-likeness (QED) is 0.350. The van der Waals surface area contributed by atoms with Gasteiger partial charge < -0.3 is 0 Å². The molecule has 1 saturated carbocycles. The van der Waals surface area contributed by atoms with Crippen molar-refractivity contribution in [3.05, 3.63) is 66.4 Å². The molecule has 1 nitrogen and oxygen atoms in total. The summed E-state index contributed by atoms with van der Waals surface area (Å²) in [6, 6.07) is 19.9. The minimum atomic E-state index is 0.522. The summed E-state index contributed by atoms with van der Waals surface area (Å²) in [7, 11) is 0. The topological polar surface area (TPSA) is 12.9 Å². The third-order valence-electron chi connectivity index (χ3n) is 6.27. The fourth-order valence-corrected chi connectivity index (χ4v) is 5.69. The smallest absolute Gasteiger partial charge is 0.0795 e. The highest BCUT2D eigenvalue weighted by Crippen LogP contribution is 2.45. The first-order chi connectivity index (χ1) is 13.1. The summed E-state index contributed by atoms with van der Waals surface area (Å²) in [4.78, 5) is 4.73. The van der Waals surface area contributed by atoms with Gasteiger partial charge in [0.1, 0.15) is 0 Å². The number of hydrogen-bond donors (Lipinski definition) is 0. The van der Waals surface area contributed by atoms with Crippen molar-refractivity contribution in [2.45, 2.75) is 45.4 Å². The van der Waals surface area contributed by atoms with Crippen molar-refractivity contribution in [2.24, 2.45) is 5.41 Å². The van der Waals surface area contributed by atoms with Gasteiger partial charge in [0.05, 0.1) is 5.69 Å². The molecule has 1 aliphatic rings. The second-order valence-electron chi connectivity index (χ2n) is 8.69. The molecule has 0 spiro atoms. The van der Waals surface area contributed by atoms with Gasteiger partial charge in [0.2, 0.25) is 0 Å². The van der Waals surface area contributed by atoms with Crippen molar-refractivity contribution in [3.63, 3.8) is 0 Å². The lowest BCUT2D eigenvalue weighted by atomic mass is 9.71. The predicted octanol–water partition coefficient (Wildman–Crippen LogP) is 7.80. The number of aromatic nitrogens is 1. The number of fused-ring (bicyclic) bond motifs is 3. The Morgan fingerprint density at radius 3 is 2.48 bits per heavy atom. The molecule has 2 heteroatoms. The van der Waals surface area contributed by atoms with Crippen LogP contribution in [0.25, 0.3) is 31.4 Å². The van der Waals surface area contributed by atoms with E-state index in [1.165, 1.54) is 57.0 Å². The Kier molecular flexibility index (Phi) is 4.05. The maximum absolute atomic E-state index is 4.73. The molecule has 2 aromatic carbocycles. The number of pyridine rings is 1. The summed E-state index contributed by atoms with van der Waals surface area (Å²) in [5.41, 5.74) is 4.35. The van der Waals surface area contributed by atoms with E-state index in [1.54, 1.807) is 0 Å². The molecule has 5 rings (SSSR count). The van der Waals surface area contributed by atoms with Crippen molar-refractivity contribution < 1.29 is 0 Å². The zero-order valence-corrected chi connectivity index (χ0v) is 16.9. The van der Waals surface area contributed by atoms with Crippen LogP contribution in [-0.2, 0) is 0 Å². The van der Waals surface area contributed by atoms with Crippen LogP contribution in [0.2, 0.25) is 0 Å². The zero-order chi connectivity index (χ0) is 18.4. The van der Waals surface area contributed by atoms with Gasteiger partial charge in [-0.05, 0) is 54.7 Å². The summed E-state index contributed by atoms with van der Waals surface area (Å²) in [5.74, 6) is 0.722. The Morgan fingerprint density at radius 2 is 1.70 bits per heavy atom. The van der Waals surface area contributed by atoms with Crippen LogP contribution < -0.4 is 0 Å². The molecule has 0 amide bonds. The number of thiophene rings is 1. The summed E-state index contributed by atoms with van der Waals surface area (Å²) in [6.07, 6.45) is 7.26. The highest BCUT2D eigenvalue weighted by atomic mass is 32.1. The van der Waals surface area contributed by atoms with Crippen LogP contribution in [0.4, 0.5) is 0 Å². The average Bonchev–Trinajstić information content (AvgIpc) is 3.06. The number of nitrogens with zero attached hydrogens (tertiary/aromatic N) is 1. The first-order valence-electron chi connectivity index (χ1n) is 9.97. The van der Waals surface area contributed by atoms with Crippen LogP contribution in [-0.4, -0.2) is 4.98 Å². The molecular formula is C25H25NS. The Morgan fingerprint density at radius 1 is 0.926 bits per heavy atom. The van der Waals surface area contributed by atoms with Gasteiger partial charge >= 0.3 is 0 Å². The van der Waals surface area contributed by atoms with Gasteiger partial charge in [0, 0.05) is 31.9 Å². The molecular weight excluding hydrogens is 346 g/mol. The first kappa shape index (κ1) is 16.9. The molecule has 0 saturated heterocycles. The zero-order valence-electron chi connectivity index (χ0n) is 16.0. The second-order valence-corrected chi connectivity index (χ2v) is 9.78. The summed E-state index contributed by atoms with van der Waals surface area (Å²) in [5, 5.41) is 2.65. The lowest BCUT2D eigenvalue weighted by Gasteiger charge is -2.34. The van der Waals surface area contributed by atoms with E-state index in [0.29, 0.717) is 5.41 Å². The molecule has 1 aliphatic carbocycles. The molecule has 0 unspecified atom stereocenters. The third kappa shape index (κ3) is 3.06. The number of benzene rings is 2. The molecule has 136 valence electrons. The predicted molar refractivity (Wildman–Crippen MR) is 118 cm³/mol. The fourth-order valence-electron chi connectivity index (χ4n) is 4.54. The van der Waals surface area contributed by atoms with E-state index >= 15 is 0 Å². The van der Waals surface area contributed by atoms with Crippen LogP contribution in [0.15, 0.2) is 60.8 Å². The molecule has 0 radical (unpaired) electrons. The summed E-state index contributed by atoms with van der Waals surface area (Å²) >= 11 is 1.91. The van der Waals surface area contributed by atoms with E-state index in [1.807, 2.05) is 17.5 Å². The van der Waals surface area contributed by atoms with Gasteiger partial charge in [-0.15, -0.1) is 11.3 Å². The average molecular weight is 372 g/mol. The SMILES string of the molecule is CC1(C)CCC(c2ccc3c(c2)sc2ccnc(-c4ccccc4)c23)CC1. The normalized spacial score (nSPS) is 17.6. The van der Waals surface area contributed by atoms with E-state index in [4.69, 9.17) is 4.98 Å². The molecule has 2 aromatic heterocycles. The Bertz CT molecular complexity index is 1100. The lowest BCUT2D eigenvalue weighted by molar-refractivity contribution is 0.224. The van der Waals surface area contributed by atoms with Crippen molar-refractivity contribution in [3.8, 4) is 11.3 Å². The number of rotatable bonds is 2. The largest absolute Gasteiger partial charge is 0.256 e. The highest BCUT2D eigenvalue weighted by molar-refractivity contribution is 7.25. The monoisotopic (exact) mass is 371 g/mol. The number of hydrogen-bond acceptors (Lipinski definition) is 2. The molecule has 0 N–H and O–H groups in total. The van der Waals surface area contributed by atoms with Crippen LogP contribution >= 0.6 is 11.3 Å². The molecule has 27 heavy (non-hydrogen) atoms. The third-order valence-corrected chi connectivity index (χ3v) is 7.38. The maximum atomic E-state index is 4.73. The standard InChI is InChI=1S/C25H25NS/c1-25(2)13-10-17(11-14-25)19-8-9-20-22(16-19)27-21-12-15-26-24(23(20)21)18-6-4-3-5-7-18/h3-9,12,15-17H,10-11,13-14H2,1-2H3. The van der Waals surface area contributed by atoms with Gasteiger partial charge in [-0.2, -0.15) is 0 Å².